The number of hydrazine groups is 1. The van der Waals surface area contributed by atoms with Crippen molar-refractivity contribution in [2.24, 2.45) is 0 Å². The third kappa shape index (κ3) is 6.24. The second kappa shape index (κ2) is 9.45. The molecule has 138 valence electrons. The lowest BCUT2D eigenvalue weighted by atomic mass is 10.2. The van der Waals surface area contributed by atoms with E-state index in [0.717, 1.165) is 15.6 Å². The topological polar surface area (TPSA) is 76.7 Å². The molecule has 2 amide bonds. The van der Waals surface area contributed by atoms with Crippen LogP contribution in [0.1, 0.15) is 11.1 Å². The number of carbonyl (C=O) groups is 2. The van der Waals surface area contributed by atoms with Crippen LogP contribution in [0.25, 0.3) is 0 Å². The van der Waals surface area contributed by atoms with Crippen molar-refractivity contribution in [1.29, 1.82) is 0 Å². The average molecular weight is 442 g/mol. The first-order valence-electron chi connectivity index (χ1n) is 7.70. The van der Waals surface area contributed by atoms with E-state index in [4.69, 9.17) is 21.1 Å². The van der Waals surface area contributed by atoms with Gasteiger partial charge in [-0.3, -0.25) is 20.4 Å². The maximum atomic E-state index is 11.7. The molecule has 2 aromatic rings. The highest BCUT2D eigenvalue weighted by atomic mass is 79.9. The molecule has 0 heterocycles. The lowest BCUT2D eigenvalue weighted by Crippen LogP contribution is -2.45. The van der Waals surface area contributed by atoms with Gasteiger partial charge in [0.15, 0.2) is 13.2 Å². The van der Waals surface area contributed by atoms with Crippen molar-refractivity contribution in [3.63, 3.8) is 0 Å². The average Bonchev–Trinajstić information content (AvgIpc) is 2.58. The molecule has 0 aliphatic heterocycles. The maximum absolute atomic E-state index is 11.7. The summed E-state index contributed by atoms with van der Waals surface area (Å²) in [4.78, 5) is 23.5. The lowest BCUT2D eigenvalue weighted by Gasteiger charge is -2.12. The second-order valence-corrected chi connectivity index (χ2v) is 6.85. The van der Waals surface area contributed by atoms with Gasteiger partial charge >= 0.3 is 0 Å². The molecule has 8 heteroatoms. The van der Waals surface area contributed by atoms with Gasteiger partial charge in [0, 0.05) is 9.50 Å². The van der Waals surface area contributed by atoms with Gasteiger partial charge in [-0.05, 0) is 61.4 Å². The monoisotopic (exact) mass is 440 g/mol. The Labute approximate surface area is 164 Å². The minimum absolute atomic E-state index is 0.222. The van der Waals surface area contributed by atoms with E-state index in [-0.39, 0.29) is 13.2 Å². The van der Waals surface area contributed by atoms with Crippen molar-refractivity contribution in [2.45, 2.75) is 13.8 Å². The summed E-state index contributed by atoms with van der Waals surface area (Å²) in [5.41, 5.74) is 6.24. The van der Waals surface area contributed by atoms with Gasteiger partial charge in [-0.25, -0.2) is 0 Å². The van der Waals surface area contributed by atoms with Gasteiger partial charge in [0.1, 0.15) is 11.5 Å². The van der Waals surface area contributed by atoms with Gasteiger partial charge in [0.25, 0.3) is 11.8 Å². The largest absolute Gasteiger partial charge is 0.483 e. The van der Waals surface area contributed by atoms with Crippen LogP contribution in [0.3, 0.4) is 0 Å². The number of nitrogens with one attached hydrogen (secondary N) is 2. The molecule has 0 radical (unpaired) electrons. The van der Waals surface area contributed by atoms with E-state index < -0.39 is 11.8 Å². The summed E-state index contributed by atoms with van der Waals surface area (Å²) >= 11 is 9.21. The molecule has 26 heavy (non-hydrogen) atoms. The molecule has 0 saturated heterocycles. The molecule has 0 saturated carbocycles. The van der Waals surface area contributed by atoms with Crippen LogP contribution in [-0.4, -0.2) is 25.0 Å². The number of amides is 2. The van der Waals surface area contributed by atoms with E-state index in [1.165, 1.54) is 0 Å². The highest BCUT2D eigenvalue weighted by Crippen LogP contribution is 2.22. The van der Waals surface area contributed by atoms with Gasteiger partial charge in [-0.2, -0.15) is 0 Å². The molecular formula is C18H18BrClN2O4. The van der Waals surface area contributed by atoms with Crippen molar-refractivity contribution in [2.75, 3.05) is 13.2 Å². The maximum Gasteiger partial charge on any atom is 0.276 e. The van der Waals surface area contributed by atoms with Gasteiger partial charge in [-0.15, -0.1) is 0 Å². The first-order chi connectivity index (χ1) is 12.3. The SMILES string of the molecule is Cc1cc(Cl)ccc1OCC(=O)NNC(=O)COc1ccc(Br)cc1C. The minimum Gasteiger partial charge on any atom is -0.483 e. The minimum atomic E-state index is -0.493. The third-order valence-electron chi connectivity index (χ3n) is 3.33. The van der Waals surface area contributed by atoms with Crippen LogP contribution in [-0.2, 0) is 9.59 Å². The van der Waals surface area contributed by atoms with E-state index >= 15 is 0 Å². The van der Waals surface area contributed by atoms with Crippen molar-refractivity contribution < 1.29 is 19.1 Å². The van der Waals surface area contributed by atoms with Crippen molar-refractivity contribution >= 4 is 39.3 Å². The fourth-order valence-corrected chi connectivity index (χ4v) is 2.75. The van der Waals surface area contributed by atoms with Gasteiger partial charge < -0.3 is 9.47 Å². The number of aryl methyl sites for hydroxylation is 2. The predicted octanol–water partition coefficient (Wildman–Crippen LogP) is 3.32. The zero-order valence-electron chi connectivity index (χ0n) is 14.3. The Balaban J connectivity index is 1.72. The Morgan fingerprint density at radius 1 is 0.923 bits per heavy atom. The number of ether oxygens (including phenoxy) is 2. The number of carbonyl (C=O) groups excluding carboxylic acids is 2. The third-order valence-corrected chi connectivity index (χ3v) is 4.06. The Hall–Kier alpha value is -2.25. The standard InChI is InChI=1S/C18H18BrClN2O4/c1-11-7-13(19)3-5-15(11)25-9-17(23)21-22-18(24)10-26-16-6-4-14(20)8-12(16)2/h3-8H,9-10H2,1-2H3,(H,21,23)(H,22,24). The van der Waals surface area contributed by atoms with E-state index in [9.17, 15) is 9.59 Å². The summed E-state index contributed by atoms with van der Waals surface area (Å²) in [7, 11) is 0. The number of halogens is 2. The number of benzene rings is 2. The number of hydrogen-bond donors (Lipinski definition) is 2. The van der Waals surface area contributed by atoms with Crippen molar-refractivity contribution in [3.8, 4) is 11.5 Å². The molecule has 2 N–H and O–H groups in total. The quantitative estimate of drug-likeness (QED) is 0.674. The highest BCUT2D eigenvalue weighted by Gasteiger charge is 2.09. The summed E-state index contributed by atoms with van der Waals surface area (Å²) in [6, 6.07) is 10.5. The van der Waals surface area contributed by atoms with Crippen molar-refractivity contribution in [3.05, 3.63) is 57.0 Å². The normalized spacial score (nSPS) is 10.2. The summed E-state index contributed by atoms with van der Waals surface area (Å²) in [5, 5.41) is 0.590. The lowest BCUT2D eigenvalue weighted by molar-refractivity contribution is -0.131. The first kappa shape index (κ1) is 20.1. The van der Waals surface area contributed by atoms with Gasteiger partial charge in [0.05, 0.1) is 0 Å². The van der Waals surface area contributed by atoms with Crippen LogP contribution < -0.4 is 20.3 Å². The molecule has 0 aromatic heterocycles. The predicted molar refractivity (Wildman–Crippen MR) is 102 cm³/mol. The molecule has 0 spiro atoms. The Kier molecular flexibility index (Phi) is 7.29. The number of hydrogen-bond acceptors (Lipinski definition) is 4. The molecule has 0 bridgehead atoms. The summed E-state index contributed by atoms with van der Waals surface area (Å²) in [5.74, 6) is 0.164. The molecule has 2 rings (SSSR count). The van der Waals surface area contributed by atoms with Gasteiger partial charge in [0.2, 0.25) is 0 Å². The molecular weight excluding hydrogens is 424 g/mol. The molecule has 0 aliphatic carbocycles. The van der Waals surface area contributed by atoms with Crippen LogP contribution in [0.4, 0.5) is 0 Å². The van der Waals surface area contributed by atoms with Crippen LogP contribution in [0.15, 0.2) is 40.9 Å². The zero-order chi connectivity index (χ0) is 19.1. The summed E-state index contributed by atoms with van der Waals surface area (Å²) in [6.45, 7) is 3.23. The van der Waals surface area contributed by atoms with E-state index in [1.54, 1.807) is 24.3 Å². The Morgan fingerprint density at radius 3 is 1.92 bits per heavy atom. The van der Waals surface area contributed by atoms with Crippen LogP contribution in [0.2, 0.25) is 5.02 Å². The summed E-state index contributed by atoms with van der Waals surface area (Å²) < 4.78 is 11.7. The van der Waals surface area contributed by atoms with Crippen LogP contribution in [0.5, 0.6) is 11.5 Å². The Bertz CT molecular complexity index is 746. The molecule has 0 aliphatic rings. The Morgan fingerprint density at radius 2 is 1.42 bits per heavy atom. The first-order valence-corrected chi connectivity index (χ1v) is 8.88. The van der Waals surface area contributed by atoms with Crippen molar-refractivity contribution in [1.82, 2.24) is 10.9 Å². The zero-order valence-corrected chi connectivity index (χ0v) is 16.6. The molecule has 0 unspecified atom stereocenters. The smallest absolute Gasteiger partial charge is 0.276 e. The fraction of sp³-hybridized carbons (Fsp3) is 0.222. The molecule has 2 aromatic carbocycles. The van der Waals surface area contributed by atoms with Gasteiger partial charge in [-0.1, -0.05) is 27.5 Å². The van der Waals surface area contributed by atoms with E-state index in [2.05, 4.69) is 26.8 Å². The van der Waals surface area contributed by atoms with E-state index in [0.29, 0.717) is 16.5 Å². The second-order valence-electron chi connectivity index (χ2n) is 5.49. The van der Waals surface area contributed by atoms with Crippen LogP contribution in [0, 0.1) is 13.8 Å². The summed E-state index contributed by atoms with van der Waals surface area (Å²) in [6.07, 6.45) is 0. The van der Waals surface area contributed by atoms with E-state index in [1.807, 2.05) is 26.0 Å². The van der Waals surface area contributed by atoms with Crippen LogP contribution >= 0.6 is 27.5 Å². The fourth-order valence-electron chi connectivity index (χ4n) is 2.05. The molecule has 0 atom stereocenters. The number of rotatable bonds is 6. The molecule has 6 nitrogen and oxygen atoms in total. The highest BCUT2D eigenvalue weighted by molar-refractivity contribution is 9.10. The molecule has 0 fully saturated rings.